The van der Waals surface area contributed by atoms with Crippen molar-refractivity contribution in [2.75, 3.05) is 0 Å². The maximum Gasteiger partial charge on any atom is 0.138 e. The Balaban J connectivity index is 1.82. The Morgan fingerprint density at radius 2 is 1.94 bits per heavy atom. The molecule has 2 unspecified atom stereocenters. The van der Waals surface area contributed by atoms with Crippen molar-refractivity contribution in [3.8, 4) is 0 Å². The number of nitrogens with one attached hydrogen (secondary N) is 2. The van der Waals surface area contributed by atoms with Gasteiger partial charge in [0.1, 0.15) is 6.29 Å². The molecule has 0 amide bonds. The predicted octanol–water partition coefficient (Wildman–Crippen LogP) is 1.67. The molecular weight excluding hydrogens is 212 g/mol. The summed E-state index contributed by atoms with van der Waals surface area (Å²) in [7, 11) is 0. The van der Waals surface area contributed by atoms with E-state index >= 15 is 0 Å². The summed E-state index contributed by atoms with van der Waals surface area (Å²) in [5, 5.41) is 0. The molecule has 1 heterocycles. The van der Waals surface area contributed by atoms with Crippen LogP contribution >= 0.6 is 0 Å². The lowest BCUT2D eigenvalue weighted by Gasteiger charge is -2.18. The summed E-state index contributed by atoms with van der Waals surface area (Å²) < 4.78 is 0. The van der Waals surface area contributed by atoms with E-state index in [1.165, 1.54) is 42.4 Å². The van der Waals surface area contributed by atoms with E-state index in [4.69, 9.17) is 0 Å². The Hall–Kier alpha value is -1.19. The van der Waals surface area contributed by atoms with Crippen molar-refractivity contribution in [3.63, 3.8) is 0 Å². The van der Waals surface area contributed by atoms with Crippen molar-refractivity contribution in [2.24, 2.45) is 0 Å². The molecule has 2 N–H and O–H groups in total. The highest BCUT2D eigenvalue weighted by Crippen LogP contribution is 2.27. The molecule has 1 aliphatic heterocycles. The normalized spacial score (nSPS) is 27.8. The highest BCUT2D eigenvalue weighted by Gasteiger charge is 2.25. The molecule has 90 valence electrons. The van der Waals surface area contributed by atoms with Crippen LogP contribution in [0.2, 0.25) is 0 Å². The first-order valence-electron chi connectivity index (χ1n) is 6.45. The fourth-order valence-corrected chi connectivity index (χ4v) is 2.86. The van der Waals surface area contributed by atoms with Crippen LogP contribution in [-0.2, 0) is 17.6 Å². The first-order valence-corrected chi connectivity index (χ1v) is 6.45. The van der Waals surface area contributed by atoms with Gasteiger partial charge in [0.25, 0.3) is 0 Å². The molecule has 0 aromatic heterocycles. The van der Waals surface area contributed by atoms with Gasteiger partial charge in [0, 0.05) is 6.04 Å². The zero-order chi connectivity index (χ0) is 11.7. The second-order valence-corrected chi connectivity index (χ2v) is 5.05. The minimum Gasteiger partial charge on any atom is -0.302 e. The van der Waals surface area contributed by atoms with Crippen molar-refractivity contribution >= 4 is 6.29 Å². The SMILES string of the molecule is O=CC1CC(c2ccc3c(c2)CCCC3)NN1. The third-order valence-corrected chi connectivity index (χ3v) is 3.87. The lowest BCUT2D eigenvalue weighted by Crippen LogP contribution is -2.31. The number of carbonyl (C=O) groups is 1. The summed E-state index contributed by atoms with van der Waals surface area (Å²) in [5.74, 6) is 0. The van der Waals surface area contributed by atoms with Crippen LogP contribution in [0.1, 0.15) is 42.0 Å². The molecule has 1 aromatic carbocycles. The summed E-state index contributed by atoms with van der Waals surface area (Å²) in [6.07, 6.45) is 6.89. The fraction of sp³-hybridized carbons (Fsp3) is 0.500. The van der Waals surface area contributed by atoms with Gasteiger partial charge in [0.15, 0.2) is 0 Å². The minimum atomic E-state index is -0.0453. The Bertz CT molecular complexity index is 430. The van der Waals surface area contributed by atoms with Gasteiger partial charge in [-0.1, -0.05) is 18.2 Å². The van der Waals surface area contributed by atoms with Crippen LogP contribution < -0.4 is 10.9 Å². The van der Waals surface area contributed by atoms with Crippen LogP contribution in [0, 0.1) is 0 Å². The van der Waals surface area contributed by atoms with Gasteiger partial charge in [-0.15, -0.1) is 0 Å². The molecule has 1 fully saturated rings. The van der Waals surface area contributed by atoms with Crippen molar-refractivity contribution in [3.05, 3.63) is 34.9 Å². The topological polar surface area (TPSA) is 41.1 Å². The molecule has 2 atom stereocenters. The van der Waals surface area contributed by atoms with E-state index in [0.29, 0.717) is 0 Å². The first-order chi connectivity index (χ1) is 8.36. The second-order valence-electron chi connectivity index (χ2n) is 5.05. The monoisotopic (exact) mass is 230 g/mol. The molecule has 3 rings (SSSR count). The lowest BCUT2D eigenvalue weighted by atomic mass is 9.88. The van der Waals surface area contributed by atoms with Crippen molar-refractivity contribution < 1.29 is 4.79 Å². The predicted molar refractivity (Wildman–Crippen MR) is 66.6 cm³/mol. The van der Waals surface area contributed by atoms with Crippen LogP contribution in [0.25, 0.3) is 0 Å². The van der Waals surface area contributed by atoms with Gasteiger partial charge in [-0.05, 0) is 48.8 Å². The second kappa shape index (κ2) is 4.59. The maximum absolute atomic E-state index is 10.7. The highest BCUT2D eigenvalue weighted by atomic mass is 16.1. The van der Waals surface area contributed by atoms with E-state index in [-0.39, 0.29) is 12.1 Å². The summed E-state index contributed by atoms with van der Waals surface area (Å²) in [4.78, 5) is 10.7. The Labute approximate surface area is 102 Å². The molecule has 1 aliphatic carbocycles. The van der Waals surface area contributed by atoms with E-state index in [2.05, 4.69) is 29.1 Å². The summed E-state index contributed by atoms with van der Waals surface area (Å²) in [6.45, 7) is 0. The van der Waals surface area contributed by atoms with Crippen LogP contribution in [-0.4, -0.2) is 12.3 Å². The minimum absolute atomic E-state index is 0.0453. The largest absolute Gasteiger partial charge is 0.302 e. The molecule has 0 bridgehead atoms. The zero-order valence-corrected chi connectivity index (χ0v) is 9.91. The summed E-state index contributed by atoms with van der Waals surface area (Å²) in [5.41, 5.74) is 10.5. The zero-order valence-electron chi connectivity index (χ0n) is 9.91. The molecule has 1 saturated heterocycles. The number of hydrazine groups is 1. The standard InChI is InChI=1S/C14H18N2O/c17-9-13-8-14(16-15-13)12-6-5-10-3-1-2-4-11(10)7-12/h5-7,9,13-16H,1-4,8H2. The van der Waals surface area contributed by atoms with E-state index in [9.17, 15) is 4.79 Å². The van der Waals surface area contributed by atoms with E-state index < -0.39 is 0 Å². The Morgan fingerprint density at radius 1 is 1.12 bits per heavy atom. The first kappa shape index (κ1) is 10.9. The average Bonchev–Trinajstić information content (AvgIpc) is 2.87. The molecule has 17 heavy (non-hydrogen) atoms. The third kappa shape index (κ3) is 2.13. The number of benzene rings is 1. The third-order valence-electron chi connectivity index (χ3n) is 3.87. The van der Waals surface area contributed by atoms with E-state index in [1.54, 1.807) is 0 Å². The lowest BCUT2D eigenvalue weighted by molar-refractivity contribution is -0.109. The smallest absolute Gasteiger partial charge is 0.138 e. The van der Waals surface area contributed by atoms with Gasteiger partial charge in [0.2, 0.25) is 0 Å². The van der Waals surface area contributed by atoms with Crippen LogP contribution in [0.5, 0.6) is 0 Å². The number of carbonyl (C=O) groups excluding carboxylic acids is 1. The summed E-state index contributed by atoms with van der Waals surface area (Å²) in [6, 6.07) is 7.02. The van der Waals surface area contributed by atoms with Crippen molar-refractivity contribution in [1.29, 1.82) is 0 Å². The highest BCUT2D eigenvalue weighted by molar-refractivity contribution is 5.58. The Kier molecular flexibility index (Phi) is 2.95. The van der Waals surface area contributed by atoms with Crippen LogP contribution in [0.15, 0.2) is 18.2 Å². The van der Waals surface area contributed by atoms with Gasteiger partial charge in [-0.25, -0.2) is 10.9 Å². The van der Waals surface area contributed by atoms with Gasteiger partial charge < -0.3 is 4.79 Å². The van der Waals surface area contributed by atoms with Gasteiger partial charge in [-0.2, -0.15) is 0 Å². The molecule has 1 aromatic rings. The van der Waals surface area contributed by atoms with Gasteiger partial charge in [-0.3, -0.25) is 0 Å². The molecule has 2 aliphatic rings. The molecule has 0 saturated carbocycles. The fourth-order valence-electron chi connectivity index (χ4n) is 2.86. The van der Waals surface area contributed by atoms with E-state index in [0.717, 1.165) is 12.7 Å². The number of fused-ring (bicyclic) bond motifs is 1. The number of aryl methyl sites for hydroxylation is 2. The van der Waals surface area contributed by atoms with Crippen LogP contribution in [0.4, 0.5) is 0 Å². The number of rotatable bonds is 2. The average molecular weight is 230 g/mol. The number of hydrogen-bond acceptors (Lipinski definition) is 3. The Morgan fingerprint density at radius 3 is 2.71 bits per heavy atom. The molecule has 3 heteroatoms. The molecular formula is C14H18N2O. The summed E-state index contributed by atoms with van der Waals surface area (Å²) >= 11 is 0. The molecule has 0 radical (unpaired) electrons. The molecule has 3 nitrogen and oxygen atoms in total. The maximum atomic E-state index is 10.7. The number of hydrogen-bond donors (Lipinski definition) is 2. The van der Waals surface area contributed by atoms with Gasteiger partial charge >= 0.3 is 0 Å². The van der Waals surface area contributed by atoms with Gasteiger partial charge in [0.05, 0.1) is 6.04 Å². The van der Waals surface area contributed by atoms with E-state index in [1.807, 2.05) is 0 Å². The molecule has 0 spiro atoms. The quantitative estimate of drug-likeness (QED) is 0.759. The van der Waals surface area contributed by atoms with Crippen LogP contribution in [0.3, 0.4) is 0 Å². The number of aldehydes is 1. The van der Waals surface area contributed by atoms with Crippen molar-refractivity contribution in [1.82, 2.24) is 10.9 Å². The van der Waals surface area contributed by atoms with Crippen molar-refractivity contribution in [2.45, 2.75) is 44.2 Å².